The van der Waals surface area contributed by atoms with Crippen molar-refractivity contribution in [3.8, 4) is 0 Å². The van der Waals surface area contributed by atoms with Crippen molar-refractivity contribution < 1.29 is 4.42 Å². The van der Waals surface area contributed by atoms with E-state index in [1.54, 1.807) is 6.26 Å². The van der Waals surface area contributed by atoms with Crippen molar-refractivity contribution in [2.45, 2.75) is 12.8 Å². The van der Waals surface area contributed by atoms with Gasteiger partial charge in [-0.15, -0.1) is 11.8 Å². The van der Waals surface area contributed by atoms with Gasteiger partial charge < -0.3 is 4.42 Å². The summed E-state index contributed by atoms with van der Waals surface area (Å²) in [6.45, 7) is 0. The number of hydrogen-bond donors (Lipinski definition) is 1. The van der Waals surface area contributed by atoms with Gasteiger partial charge in [-0.05, 0) is 18.4 Å². The molecule has 0 fully saturated rings. The normalized spacial score (nSPS) is 9.91. The van der Waals surface area contributed by atoms with Crippen LogP contribution in [0.25, 0.3) is 0 Å². The molecular formula is C8H11NOS. The maximum Gasteiger partial charge on any atom is 0.104 e. The Labute approximate surface area is 70.5 Å². The maximum absolute atomic E-state index is 7.36. The van der Waals surface area contributed by atoms with E-state index in [9.17, 15) is 0 Å². The molecule has 1 rings (SSSR count). The van der Waals surface area contributed by atoms with Crippen molar-refractivity contribution in [1.82, 2.24) is 0 Å². The Balaban J connectivity index is 2.29. The van der Waals surface area contributed by atoms with Gasteiger partial charge in [0, 0.05) is 12.8 Å². The highest BCUT2D eigenvalue weighted by Gasteiger charge is 1.97. The zero-order valence-corrected chi connectivity index (χ0v) is 7.28. The minimum atomic E-state index is 0.710. The minimum absolute atomic E-state index is 0.710. The number of furan rings is 1. The van der Waals surface area contributed by atoms with Crippen LogP contribution in [0.5, 0.6) is 0 Å². The lowest BCUT2D eigenvalue weighted by atomic mass is 10.3. The zero-order chi connectivity index (χ0) is 8.10. The van der Waals surface area contributed by atoms with Crippen molar-refractivity contribution in [2.24, 2.45) is 0 Å². The first kappa shape index (κ1) is 8.40. The van der Waals surface area contributed by atoms with Gasteiger partial charge in [0.25, 0.3) is 0 Å². The van der Waals surface area contributed by atoms with E-state index in [1.807, 2.05) is 18.4 Å². The first-order chi connectivity index (χ1) is 5.33. The van der Waals surface area contributed by atoms with Gasteiger partial charge >= 0.3 is 0 Å². The van der Waals surface area contributed by atoms with Gasteiger partial charge in [0.05, 0.1) is 11.3 Å². The Morgan fingerprint density at radius 2 is 2.55 bits per heavy atom. The topological polar surface area (TPSA) is 37.0 Å². The molecule has 0 aliphatic heterocycles. The summed E-state index contributed by atoms with van der Waals surface area (Å²) < 4.78 is 5.12. The van der Waals surface area contributed by atoms with Crippen molar-refractivity contribution >= 4 is 16.8 Å². The molecule has 0 bridgehead atoms. The molecule has 1 N–H and O–H groups in total. The highest BCUT2D eigenvalue weighted by atomic mass is 32.2. The second-order valence-electron chi connectivity index (χ2n) is 2.21. The molecule has 0 aliphatic carbocycles. The largest absolute Gasteiger partial charge is 0.469 e. The van der Waals surface area contributed by atoms with Crippen LogP contribution in [0.15, 0.2) is 22.8 Å². The summed E-state index contributed by atoms with van der Waals surface area (Å²) in [6, 6.07) is 3.81. The van der Waals surface area contributed by atoms with Crippen molar-refractivity contribution in [3.63, 3.8) is 0 Å². The second kappa shape index (κ2) is 4.23. The molecule has 0 atom stereocenters. The summed E-state index contributed by atoms with van der Waals surface area (Å²) in [4.78, 5) is 0. The lowest BCUT2D eigenvalue weighted by Gasteiger charge is -1.96. The Kier molecular flexibility index (Phi) is 3.23. The van der Waals surface area contributed by atoms with E-state index in [0.29, 0.717) is 5.04 Å². The molecule has 0 aliphatic rings. The molecule has 11 heavy (non-hydrogen) atoms. The average molecular weight is 169 g/mol. The van der Waals surface area contributed by atoms with Gasteiger partial charge in [-0.1, -0.05) is 0 Å². The highest BCUT2D eigenvalue weighted by Crippen LogP contribution is 2.07. The first-order valence-electron chi connectivity index (χ1n) is 3.46. The lowest BCUT2D eigenvalue weighted by molar-refractivity contribution is 0.512. The fourth-order valence-electron chi connectivity index (χ4n) is 0.794. The summed E-state index contributed by atoms with van der Waals surface area (Å²) >= 11 is 1.49. The molecule has 2 nitrogen and oxygen atoms in total. The van der Waals surface area contributed by atoms with E-state index in [-0.39, 0.29) is 0 Å². The van der Waals surface area contributed by atoms with Gasteiger partial charge in [-0.2, -0.15) is 0 Å². The monoisotopic (exact) mass is 169 g/mol. The number of rotatable bonds is 3. The van der Waals surface area contributed by atoms with E-state index in [2.05, 4.69) is 0 Å². The van der Waals surface area contributed by atoms with Gasteiger partial charge in [0.1, 0.15) is 5.76 Å². The molecule has 0 saturated heterocycles. The predicted octanol–water partition coefficient (Wildman–Crippen LogP) is 2.55. The molecule has 0 unspecified atom stereocenters. The molecule has 1 aromatic heterocycles. The third-order valence-corrected chi connectivity index (χ3v) is 2.12. The van der Waals surface area contributed by atoms with Crippen LogP contribution in [0, 0.1) is 5.41 Å². The molecule has 0 amide bonds. The van der Waals surface area contributed by atoms with Crippen LogP contribution in [-0.4, -0.2) is 11.3 Å². The van der Waals surface area contributed by atoms with Crippen molar-refractivity contribution in [2.75, 3.05) is 6.26 Å². The van der Waals surface area contributed by atoms with Crippen molar-refractivity contribution in [3.05, 3.63) is 24.2 Å². The standard InChI is InChI=1S/C8H11NOS/c1-11-8(9)5-4-7-3-2-6-10-7/h2-3,6,9H,4-5H2,1H3. The lowest BCUT2D eigenvalue weighted by Crippen LogP contribution is -1.91. The Morgan fingerprint density at radius 3 is 3.09 bits per heavy atom. The fraction of sp³-hybridized carbons (Fsp3) is 0.375. The van der Waals surface area contributed by atoms with Crippen LogP contribution in [0.4, 0.5) is 0 Å². The Morgan fingerprint density at radius 1 is 1.73 bits per heavy atom. The molecule has 0 aromatic carbocycles. The molecule has 1 heterocycles. The quantitative estimate of drug-likeness (QED) is 0.557. The molecule has 0 radical (unpaired) electrons. The summed E-state index contributed by atoms with van der Waals surface area (Å²) in [7, 11) is 0. The van der Waals surface area contributed by atoms with Crippen LogP contribution in [0.2, 0.25) is 0 Å². The van der Waals surface area contributed by atoms with Crippen LogP contribution in [-0.2, 0) is 6.42 Å². The molecule has 60 valence electrons. The van der Waals surface area contributed by atoms with Crippen LogP contribution < -0.4 is 0 Å². The summed E-state index contributed by atoms with van der Waals surface area (Å²) in [5.41, 5.74) is 0. The number of aryl methyl sites for hydroxylation is 1. The highest BCUT2D eigenvalue weighted by molar-refractivity contribution is 8.13. The van der Waals surface area contributed by atoms with Crippen LogP contribution >= 0.6 is 11.8 Å². The molecular weight excluding hydrogens is 158 g/mol. The second-order valence-corrected chi connectivity index (χ2v) is 3.11. The van der Waals surface area contributed by atoms with Gasteiger partial charge in [-0.25, -0.2) is 0 Å². The van der Waals surface area contributed by atoms with Gasteiger partial charge in [0.2, 0.25) is 0 Å². The first-order valence-corrected chi connectivity index (χ1v) is 4.69. The SMILES string of the molecule is CSC(=N)CCc1ccco1. The fourth-order valence-corrected chi connectivity index (χ4v) is 1.10. The average Bonchev–Trinajstić information content (AvgIpc) is 2.52. The van der Waals surface area contributed by atoms with E-state index in [4.69, 9.17) is 9.83 Å². The van der Waals surface area contributed by atoms with Gasteiger partial charge in [-0.3, -0.25) is 5.41 Å². The summed E-state index contributed by atoms with van der Waals surface area (Å²) in [6.07, 6.45) is 5.21. The van der Waals surface area contributed by atoms with Crippen LogP contribution in [0.3, 0.4) is 0 Å². The third-order valence-electron chi connectivity index (χ3n) is 1.42. The number of hydrogen-bond acceptors (Lipinski definition) is 3. The molecule has 0 saturated carbocycles. The molecule has 0 spiro atoms. The van der Waals surface area contributed by atoms with E-state index in [0.717, 1.165) is 18.6 Å². The minimum Gasteiger partial charge on any atom is -0.469 e. The molecule has 3 heteroatoms. The summed E-state index contributed by atoms with van der Waals surface area (Å²) in [5, 5.41) is 8.07. The third kappa shape index (κ3) is 2.80. The van der Waals surface area contributed by atoms with Crippen LogP contribution in [0.1, 0.15) is 12.2 Å². The van der Waals surface area contributed by atoms with Crippen molar-refractivity contribution in [1.29, 1.82) is 5.41 Å². The number of nitrogens with one attached hydrogen (secondary N) is 1. The van der Waals surface area contributed by atoms with E-state index >= 15 is 0 Å². The van der Waals surface area contributed by atoms with E-state index < -0.39 is 0 Å². The predicted molar refractivity (Wildman–Crippen MR) is 48.3 cm³/mol. The Hall–Kier alpha value is -0.700. The number of thioether (sulfide) groups is 1. The molecule has 1 aromatic rings. The smallest absolute Gasteiger partial charge is 0.104 e. The maximum atomic E-state index is 7.36. The Bertz CT molecular complexity index is 218. The van der Waals surface area contributed by atoms with E-state index in [1.165, 1.54) is 11.8 Å². The van der Waals surface area contributed by atoms with Gasteiger partial charge in [0.15, 0.2) is 0 Å². The summed E-state index contributed by atoms with van der Waals surface area (Å²) in [5.74, 6) is 0.962. The zero-order valence-electron chi connectivity index (χ0n) is 6.46.